The van der Waals surface area contributed by atoms with Crippen LogP contribution in [0, 0.1) is 0 Å². The Morgan fingerprint density at radius 1 is 1.67 bits per heavy atom. The number of rotatable bonds is 1. The summed E-state index contributed by atoms with van der Waals surface area (Å²) in [7, 11) is 0. The molecule has 2 atom stereocenters. The molecule has 0 aromatic rings. The molecule has 0 saturated heterocycles. The molecule has 1 rings (SSSR count). The molecule has 0 radical (unpaired) electrons. The minimum atomic E-state index is -0.269. The first-order chi connectivity index (χ1) is 5.58. The summed E-state index contributed by atoms with van der Waals surface area (Å²) in [5, 5.41) is 6.39. The van der Waals surface area contributed by atoms with Gasteiger partial charge in [0.15, 0.2) is 5.62 Å². The molecule has 0 aliphatic carbocycles. The summed E-state index contributed by atoms with van der Waals surface area (Å²) in [6.07, 6.45) is 0.932. The second-order valence-corrected chi connectivity index (χ2v) is 3.90. The fraction of sp³-hybridized carbons (Fsp3) is 0.875. The van der Waals surface area contributed by atoms with Gasteiger partial charge in [-0.3, -0.25) is 5.32 Å². The lowest BCUT2D eigenvalue weighted by Gasteiger charge is -2.25. The highest BCUT2D eigenvalue weighted by atomic mass is 35.5. The van der Waals surface area contributed by atoms with Gasteiger partial charge >= 0.3 is 0 Å². The van der Waals surface area contributed by atoms with Crippen molar-refractivity contribution in [3.8, 4) is 0 Å². The molecule has 1 aliphatic heterocycles. The maximum atomic E-state index is 5.85. The smallest absolute Gasteiger partial charge is 0.177 e. The Morgan fingerprint density at radius 3 is 2.83 bits per heavy atom. The van der Waals surface area contributed by atoms with Gasteiger partial charge in [0.05, 0.1) is 0 Å². The Morgan fingerprint density at radius 2 is 2.33 bits per heavy atom. The maximum absolute atomic E-state index is 5.85. The third kappa shape index (κ3) is 2.99. The number of amidine groups is 1. The summed E-state index contributed by atoms with van der Waals surface area (Å²) in [6.45, 7) is 6.29. The third-order valence-corrected chi connectivity index (χ3v) is 1.87. The molecule has 0 saturated carbocycles. The van der Waals surface area contributed by atoms with Crippen LogP contribution in [-0.2, 0) is 0 Å². The highest BCUT2D eigenvalue weighted by Gasteiger charge is 2.17. The van der Waals surface area contributed by atoms with Gasteiger partial charge in [-0.1, -0.05) is 11.6 Å². The minimum absolute atomic E-state index is 0.269. The third-order valence-electron chi connectivity index (χ3n) is 1.65. The van der Waals surface area contributed by atoms with Crippen LogP contribution in [0.3, 0.4) is 0 Å². The van der Waals surface area contributed by atoms with E-state index in [1.807, 2.05) is 0 Å². The van der Waals surface area contributed by atoms with Gasteiger partial charge in [0.1, 0.15) is 5.84 Å². The zero-order valence-electron chi connectivity index (χ0n) is 7.76. The standard InChI is InChI=1S/C8H16ClN3/c1-5(2)10-7-4-6(3)11-8(9)12-7/h5-6,8,11H,4H2,1-3H3,(H,10,12). The molecule has 0 aromatic carbocycles. The highest BCUT2D eigenvalue weighted by molar-refractivity contribution is 6.21. The van der Waals surface area contributed by atoms with Crippen molar-refractivity contribution in [2.24, 2.45) is 4.99 Å². The van der Waals surface area contributed by atoms with Gasteiger partial charge in [0, 0.05) is 18.5 Å². The minimum Gasteiger partial charge on any atom is -0.372 e. The predicted molar refractivity (Wildman–Crippen MR) is 52.6 cm³/mol. The van der Waals surface area contributed by atoms with Gasteiger partial charge in [0.25, 0.3) is 0 Å². The Hall–Kier alpha value is -0.280. The van der Waals surface area contributed by atoms with E-state index in [0.717, 1.165) is 12.3 Å². The van der Waals surface area contributed by atoms with Crippen LogP contribution in [0.2, 0.25) is 0 Å². The number of hydrogen-bond donors (Lipinski definition) is 2. The Kier molecular flexibility index (Phi) is 3.35. The molecule has 70 valence electrons. The Labute approximate surface area is 78.6 Å². The van der Waals surface area contributed by atoms with Crippen LogP contribution in [-0.4, -0.2) is 23.5 Å². The lowest BCUT2D eigenvalue weighted by Crippen LogP contribution is -2.44. The van der Waals surface area contributed by atoms with E-state index in [-0.39, 0.29) is 5.62 Å². The van der Waals surface area contributed by atoms with Crippen molar-refractivity contribution >= 4 is 17.4 Å². The lowest BCUT2D eigenvalue weighted by atomic mass is 10.2. The first-order valence-corrected chi connectivity index (χ1v) is 4.75. The zero-order valence-corrected chi connectivity index (χ0v) is 8.52. The van der Waals surface area contributed by atoms with Crippen molar-refractivity contribution in [3.05, 3.63) is 0 Å². The van der Waals surface area contributed by atoms with E-state index in [1.54, 1.807) is 0 Å². The number of nitrogens with zero attached hydrogens (tertiary/aromatic N) is 1. The summed E-state index contributed by atoms with van der Waals surface area (Å²) < 4.78 is 0. The van der Waals surface area contributed by atoms with Gasteiger partial charge in [0.2, 0.25) is 0 Å². The summed E-state index contributed by atoms with van der Waals surface area (Å²) in [5.74, 6) is 1.01. The predicted octanol–water partition coefficient (Wildman–Crippen LogP) is 1.29. The molecule has 2 unspecified atom stereocenters. The number of alkyl halides is 1. The second kappa shape index (κ2) is 4.10. The normalized spacial score (nSPS) is 30.2. The van der Waals surface area contributed by atoms with Crippen LogP contribution in [0.25, 0.3) is 0 Å². The van der Waals surface area contributed by atoms with Crippen LogP contribution >= 0.6 is 11.6 Å². The van der Waals surface area contributed by atoms with Gasteiger partial charge in [-0.2, -0.15) is 0 Å². The maximum Gasteiger partial charge on any atom is 0.177 e. The molecule has 0 aromatic heterocycles. The first-order valence-electron chi connectivity index (χ1n) is 4.31. The largest absolute Gasteiger partial charge is 0.372 e. The van der Waals surface area contributed by atoms with Crippen molar-refractivity contribution < 1.29 is 0 Å². The van der Waals surface area contributed by atoms with Gasteiger partial charge in [-0.05, 0) is 20.8 Å². The van der Waals surface area contributed by atoms with Crippen LogP contribution in [0.15, 0.2) is 4.99 Å². The molecular weight excluding hydrogens is 174 g/mol. The molecule has 0 amide bonds. The summed E-state index contributed by atoms with van der Waals surface area (Å²) in [5.41, 5.74) is -0.269. The number of halogens is 1. The Balaban J connectivity index is 2.51. The first kappa shape index (κ1) is 9.81. The van der Waals surface area contributed by atoms with Crippen molar-refractivity contribution in [1.29, 1.82) is 0 Å². The molecular formula is C8H16ClN3. The fourth-order valence-corrected chi connectivity index (χ4v) is 1.57. The van der Waals surface area contributed by atoms with E-state index in [9.17, 15) is 0 Å². The molecule has 0 fully saturated rings. The average Bonchev–Trinajstić information content (AvgIpc) is 1.81. The molecule has 12 heavy (non-hydrogen) atoms. The van der Waals surface area contributed by atoms with E-state index in [4.69, 9.17) is 11.6 Å². The van der Waals surface area contributed by atoms with Crippen molar-refractivity contribution in [2.75, 3.05) is 0 Å². The molecule has 1 aliphatic rings. The van der Waals surface area contributed by atoms with Crippen LogP contribution < -0.4 is 10.6 Å². The summed E-state index contributed by atoms with van der Waals surface area (Å²) in [4.78, 5) is 4.23. The zero-order chi connectivity index (χ0) is 9.14. The van der Waals surface area contributed by atoms with E-state index in [2.05, 4.69) is 36.4 Å². The number of aliphatic imine (C=N–C) groups is 1. The molecule has 0 bridgehead atoms. The van der Waals surface area contributed by atoms with Gasteiger partial charge in [-0.15, -0.1) is 0 Å². The van der Waals surface area contributed by atoms with Crippen LogP contribution in [0.1, 0.15) is 27.2 Å². The van der Waals surface area contributed by atoms with Crippen LogP contribution in [0.4, 0.5) is 0 Å². The molecule has 1 heterocycles. The number of nitrogens with one attached hydrogen (secondary N) is 2. The quantitative estimate of drug-likeness (QED) is 0.482. The molecule has 2 N–H and O–H groups in total. The van der Waals surface area contributed by atoms with E-state index in [0.29, 0.717) is 12.1 Å². The SMILES string of the molecule is CC(C)NC1=NC(Cl)NC(C)C1. The van der Waals surface area contributed by atoms with Gasteiger partial charge < -0.3 is 5.32 Å². The van der Waals surface area contributed by atoms with Gasteiger partial charge in [-0.25, -0.2) is 4.99 Å². The molecule has 4 heteroatoms. The highest BCUT2D eigenvalue weighted by Crippen LogP contribution is 2.07. The Bertz CT molecular complexity index is 179. The second-order valence-electron chi connectivity index (χ2n) is 3.48. The van der Waals surface area contributed by atoms with E-state index < -0.39 is 0 Å². The monoisotopic (exact) mass is 189 g/mol. The van der Waals surface area contributed by atoms with Crippen molar-refractivity contribution in [2.45, 2.75) is 44.9 Å². The molecule has 3 nitrogen and oxygen atoms in total. The van der Waals surface area contributed by atoms with Crippen LogP contribution in [0.5, 0.6) is 0 Å². The average molecular weight is 190 g/mol. The lowest BCUT2D eigenvalue weighted by molar-refractivity contribution is 0.508. The topological polar surface area (TPSA) is 36.4 Å². The van der Waals surface area contributed by atoms with E-state index in [1.165, 1.54) is 0 Å². The van der Waals surface area contributed by atoms with Crippen molar-refractivity contribution in [3.63, 3.8) is 0 Å². The van der Waals surface area contributed by atoms with Crippen molar-refractivity contribution in [1.82, 2.24) is 10.6 Å². The summed E-state index contributed by atoms with van der Waals surface area (Å²) in [6, 6.07) is 0.837. The summed E-state index contributed by atoms with van der Waals surface area (Å²) >= 11 is 5.85. The fourth-order valence-electron chi connectivity index (χ4n) is 1.24. The molecule has 0 spiro atoms. The number of hydrogen-bond acceptors (Lipinski definition) is 3. The van der Waals surface area contributed by atoms with E-state index >= 15 is 0 Å².